The second kappa shape index (κ2) is 9.89. The summed E-state index contributed by atoms with van der Waals surface area (Å²) in [5.74, 6) is 0.396. The number of urea groups is 1. The lowest BCUT2D eigenvalue weighted by atomic mass is 10.0. The Balaban J connectivity index is 1.77. The Labute approximate surface area is 176 Å². The van der Waals surface area contributed by atoms with Crippen molar-refractivity contribution >= 4 is 6.03 Å². The van der Waals surface area contributed by atoms with Crippen LogP contribution < -0.4 is 10.1 Å². The summed E-state index contributed by atoms with van der Waals surface area (Å²) in [4.78, 5) is 16.7. The maximum Gasteiger partial charge on any atom is 0.318 e. The number of amides is 2. The molecule has 3 rings (SSSR count). The second-order valence-electron chi connectivity index (χ2n) is 7.83. The highest BCUT2D eigenvalue weighted by atomic mass is 19.1. The van der Waals surface area contributed by atoms with E-state index in [1.807, 2.05) is 43.1 Å². The number of carbonyl (C=O) groups is 1. The van der Waals surface area contributed by atoms with E-state index in [9.17, 15) is 13.6 Å². The number of benzene rings is 2. The summed E-state index contributed by atoms with van der Waals surface area (Å²) in [6, 6.07) is 12.3. The lowest BCUT2D eigenvalue weighted by Gasteiger charge is -2.40. The molecule has 1 unspecified atom stereocenters. The number of methoxy groups -OCH3 is 1. The van der Waals surface area contributed by atoms with Gasteiger partial charge in [0.2, 0.25) is 0 Å². The molecular weight excluding hydrogens is 388 g/mol. The third-order valence-corrected chi connectivity index (χ3v) is 5.59. The van der Waals surface area contributed by atoms with E-state index in [1.165, 1.54) is 12.1 Å². The molecule has 1 N–H and O–H groups in total. The fraction of sp³-hybridized carbons (Fsp3) is 0.435. The minimum absolute atomic E-state index is 0.218. The van der Waals surface area contributed by atoms with Gasteiger partial charge in [0, 0.05) is 19.6 Å². The van der Waals surface area contributed by atoms with E-state index in [0.717, 1.165) is 16.9 Å². The third kappa shape index (κ3) is 5.48. The third-order valence-electron chi connectivity index (χ3n) is 5.59. The second-order valence-corrected chi connectivity index (χ2v) is 7.83. The Kier molecular flexibility index (Phi) is 7.26. The summed E-state index contributed by atoms with van der Waals surface area (Å²) in [6.07, 6.45) is -0.602. The van der Waals surface area contributed by atoms with Crippen LogP contribution in [0.2, 0.25) is 0 Å². The van der Waals surface area contributed by atoms with Crippen molar-refractivity contribution in [2.75, 3.05) is 27.2 Å². The van der Waals surface area contributed by atoms with Gasteiger partial charge in [0.1, 0.15) is 17.7 Å². The zero-order chi connectivity index (χ0) is 21.7. The Hall–Kier alpha value is -2.67. The fourth-order valence-corrected chi connectivity index (χ4v) is 3.77. The van der Waals surface area contributed by atoms with Gasteiger partial charge in [-0.05, 0) is 55.8 Å². The number of likely N-dealkylation sites (tertiary alicyclic amines) is 1. The highest BCUT2D eigenvalue weighted by molar-refractivity contribution is 5.75. The van der Waals surface area contributed by atoms with E-state index in [0.29, 0.717) is 13.0 Å². The molecule has 5 nitrogen and oxygen atoms in total. The van der Waals surface area contributed by atoms with E-state index in [1.54, 1.807) is 24.1 Å². The molecule has 1 heterocycles. The van der Waals surface area contributed by atoms with Crippen LogP contribution in [0.15, 0.2) is 48.5 Å². The molecule has 0 spiro atoms. The van der Waals surface area contributed by atoms with Crippen LogP contribution in [0.25, 0.3) is 0 Å². The van der Waals surface area contributed by atoms with Gasteiger partial charge in [0.15, 0.2) is 0 Å². The Morgan fingerprint density at radius 2 is 1.90 bits per heavy atom. The van der Waals surface area contributed by atoms with Crippen molar-refractivity contribution in [2.45, 2.75) is 38.1 Å². The van der Waals surface area contributed by atoms with Crippen LogP contribution in [-0.2, 0) is 6.54 Å². The predicted molar refractivity (Wildman–Crippen MR) is 113 cm³/mol. The average Bonchev–Trinajstić information content (AvgIpc) is 2.74. The van der Waals surface area contributed by atoms with Crippen molar-refractivity contribution in [2.24, 2.45) is 0 Å². The molecule has 0 saturated carbocycles. The number of hydrogen-bond donors (Lipinski definition) is 1. The Morgan fingerprint density at radius 1 is 1.23 bits per heavy atom. The van der Waals surface area contributed by atoms with Gasteiger partial charge in [0.05, 0.1) is 19.2 Å². The first-order valence-corrected chi connectivity index (χ1v) is 10.2. The molecule has 2 aromatic carbocycles. The van der Waals surface area contributed by atoms with Crippen molar-refractivity contribution in [3.05, 3.63) is 65.5 Å². The molecule has 0 aromatic heterocycles. The molecule has 30 heavy (non-hydrogen) atoms. The van der Waals surface area contributed by atoms with Gasteiger partial charge >= 0.3 is 6.03 Å². The molecule has 162 valence electrons. The predicted octanol–water partition coefficient (Wildman–Crippen LogP) is 4.15. The van der Waals surface area contributed by atoms with Crippen LogP contribution in [0.4, 0.5) is 13.6 Å². The number of nitrogens with zero attached hydrogens (tertiary/aromatic N) is 2. The molecule has 0 bridgehead atoms. The first kappa shape index (κ1) is 22.0. The van der Waals surface area contributed by atoms with Gasteiger partial charge in [-0.3, -0.25) is 0 Å². The van der Waals surface area contributed by atoms with E-state index in [-0.39, 0.29) is 31.0 Å². The van der Waals surface area contributed by atoms with E-state index >= 15 is 0 Å². The zero-order valence-electron chi connectivity index (χ0n) is 17.6. The quantitative estimate of drug-likeness (QED) is 0.768. The molecular formula is C23H29F2N3O2. The number of alkyl halides is 1. The van der Waals surface area contributed by atoms with Crippen LogP contribution in [0.5, 0.6) is 5.75 Å². The van der Waals surface area contributed by atoms with Crippen molar-refractivity contribution in [1.29, 1.82) is 0 Å². The normalized spacial score (nSPS) is 20.4. The summed E-state index contributed by atoms with van der Waals surface area (Å²) in [5.41, 5.74) is 1.68. The first-order chi connectivity index (χ1) is 14.4. The highest BCUT2D eigenvalue weighted by Crippen LogP contribution is 2.23. The summed E-state index contributed by atoms with van der Waals surface area (Å²) in [6.45, 7) is 3.10. The van der Waals surface area contributed by atoms with Crippen molar-refractivity contribution in [3.63, 3.8) is 0 Å². The topological polar surface area (TPSA) is 44.8 Å². The number of piperidine rings is 1. The molecule has 1 saturated heterocycles. The van der Waals surface area contributed by atoms with Crippen molar-refractivity contribution in [3.8, 4) is 5.75 Å². The SMILES string of the molecule is COc1ccc(C(C)NC(=O)N(Cc2ccc(F)cc2)[C@H]2CCN(C)C[C@H]2F)cc1. The number of ether oxygens (including phenoxy) is 1. The number of nitrogens with one attached hydrogen (secondary N) is 1. The van der Waals surface area contributed by atoms with E-state index in [4.69, 9.17) is 4.74 Å². The van der Waals surface area contributed by atoms with Gasteiger partial charge < -0.3 is 19.9 Å². The number of rotatable bonds is 6. The Bertz CT molecular complexity index is 829. The van der Waals surface area contributed by atoms with Gasteiger partial charge in [-0.2, -0.15) is 0 Å². The summed E-state index contributed by atoms with van der Waals surface area (Å²) in [7, 11) is 3.47. The van der Waals surface area contributed by atoms with Crippen LogP contribution >= 0.6 is 0 Å². The summed E-state index contributed by atoms with van der Waals surface area (Å²) < 4.78 is 33.3. The molecule has 1 fully saturated rings. The van der Waals surface area contributed by atoms with Crippen LogP contribution in [0.3, 0.4) is 0 Å². The molecule has 2 aromatic rings. The molecule has 2 amide bonds. The Morgan fingerprint density at radius 3 is 2.50 bits per heavy atom. The first-order valence-electron chi connectivity index (χ1n) is 10.2. The van der Waals surface area contributed by atoms with Crippen molar-refractivity contribution < 1.29 is 18.3 Å². The highest BCUT2D eigenvalue weighted by Gasteiger charge is 2.35. The van der Waals surface area contributed by atoms with Gasteiger partial charge in [-0.25, -0.2) is 13.6 Å². The molecule has 3 atom stereocenters. The minimum atomic E-state index is -1.15. The average molecular weight is 418 g/mol. The smallest absolute Gasteiger partial charge is 0.318 e. The van der Waals surface area contributed by atoms with E-state index in [2.05, 4.69) is 5.32 Å². The summed E-state index contributed by atoms with van der Waals surface area (Å²) >= 11 is 0. The van der Waals surface area contributed by atoms with Crippen molar-refractivity contribution in [1.82, 2.24) is 15.1 Å². The van der Waals surface area contributed by atoms with Crippen LogP contribution in [0, 0.1) is 5.82 Å². The van der Waals surface area contributed by atoms with Crippen LogP contribution in [0.1, 0.15) is 30.5 Å². The zero-order valence-corrected chi connectivity index (χ0v) is 17.6. The van der Waals surface area contributed by atoms with Gasteiger partial charge in [0.25, 0.3) is 0 Å². The standard InChI is InChI=1S/C23H29F2N3O2/c1-16(18-6-10-20(30-3)11-7-18)26-23(29)28(14-17-4-8-19(24)9-5-17)22-12-13-27(2)15-21(22)25/h4-11,16,21-22H,12-15H2,1-3H3,(H,26,29)/t16?,21-,22+/m1/s1. The molecule has 0 aliphatic carbocycles. The van der Waals surface area contributed by atoms with Gasteiger partial charge in [-0.1, -0.05) is 24.3 Å². The minimum Gasteiger partial charge on any atom is -0.497 e. The lowest BCUT2D eigenvalue weighted by Crippen LogP contribution is -2.55. The van der Waals surface area contributed by atoms with Gasteiger partial charge in [-0.15, -0.1) is 0 Å². The lowest BCUT2D eigenvalue weighted by molar-refractivity contribution is 0.0565. The van der Waals surface area contributed by atoms with Crippen LogP contribution in [-0.4, -0.2) is 55.3 Å². The largest absolute Gasteiger partial charge is 0.497 e. The molecule has 0 radical (unpaired) electrons. The number of hydrogen-bond acceptors (Lipinski definition) is 3. The maximum absolute atomic E-state index is 14.9. The molecule has 1 aliphatic heterocycles. The fourth-order valence-electron chi connectivity index (χ4n) is 3.77. The van der Waals surface area contributed by atoms with E-state index < -0.39 is 12.2 Å². The maximum atomic E-state index is 14.9. The number of halogens is 2. The molecule has 7 heteroatoms. The summed E-state index contributed by atoms with van der Waals surface area (Å²) in [5, 5.41) is 2.99. The molecule has 1 aliphatic rings. The number of carbonyl (C=O) groups excluding carboxylic acids is 1. The monoisotopic (exact) mass is 417 g/mol.